The minimum absolute atomic E-state index is 0.175. The molecule has 7 heteroatoms. The predicted molar refractivity (Wildman–Crippen MR) is 107 cm³/mol. The maximum Gasteiger partial charge on any atom is 0.272 e. The molecule has 2 aromatic carbocycles. The Labute approximate surface area is 162 Å². The largest absolute Gasteiger partial charge is 0.381 e. The van der Waals surface area contributed by atoms with Crippen LogP contribution in [0, 0.1) is 0 Å². The van der Waals surface area contributed by atoms with Crippen LogP contribution in [-0.2, 0) is 11.2 Å². The molecule has 0 radical (unpaired) electrons. The molecule has 3 aromatic rings. The van der Waals surface area contributed by atoms with E-state index in [1.807, 2.05) is 54.6 Å². The Kier molecular flexibility index (Phi) is 4.80. The quantitative estimate of drug-likeness (QED) is 0.652. The molecule has 0 saturated heterocycles. The van der Waals surface area contributed by atoms with Crippen LogP contribution in [0.5, 0.6) is 0 Å². The van der Waals surface area contributed by atoms with Crippen LogP contribution >= 0.6 is 0 Å². The number of nitrogens with zero attached hydrogens (tertiary/aromatic N) is 2. The minimum Gasteiger partial charge on any atom is -0.381 e. The van der Waals surface area contributed by atoms with Crippen molar-refractivity contribution in [3.8, 4) is 0 Å². The van der Waals surface area contributed by atoms with E-state index in [9.17, 15) is 9.59 Å². The van der Waals surface area contributed by atoms with Gasteiger partial charge in [-0.2, -0.15) is 5.10 Å². The van der Waals surface area contributed by atoms with Crippen LogP contribution in [0.15, 0.2) is 60.7 Å². The lowest BCUT2D eigenvalue weighted by molar-refractivity contribution is -0.119. The van der Waals surface area contributed by atoms with Gasteiger partial charge in [0.05, 0.1) is 11.4 Å². The number of hydrogen-bond acceptors (Lipinski definition) is 4. The van der Waals surface area contributed by atoms with Crippen LogP contribution < -0.4 is 15.5 Å². The van der Waals surface area contributed by atoms with E-state index in [2.05, 4.69) is 20.8 Å². The van der Waals surface area contributed by atoms with Crippen molar-refractivity contribution in [2.45, 2.75) is 12.5 Å². The Hall–Kier alpha value is -3.61. The molecule has 1 aliphatic rings. The monoisotopic (exact) mass is 375 g/mol. The molecule has 1 aromatic heterocycles. The number of carbonyl (C=O) groups is 2. The van der Waals surface area contributed by atoms with Crippen molar-refractivity contribution in [3.05, 3.63) is 77.6 Å². The van der Waals surface area contributed by atoms with Crippen molar-refractivity contribution >= 4 is 23.2 Å². The zero-order valence-electron chi connectivity index (χ0n) is 15.5. The Balaban J connectivity index is 1.45. The van der Waals surface area contributed by atoms with Crippen molar-refractivity contribution in [1.82, 2.24) is 15.5 Å². The second kappa shape index (κ2) is 7.56. The van der Waals surface area contributed by atoms with Crippen LogP contribution in [0.2, 0.25) is 0 Å². The molecular weight excluding hydrogens is 354 g/mol. The molecule has 1 aliphatic heterocycles. The highest BCUT2D eigenvalue weighted by Gasteiger charge is 2.29. The lowest BCUT2D eigenvalue weighted by Gasteiger charge is -2.20. The Morgan fingerprint density at radius 1 is 1.18 bits per heavy atom. The van der Waals surface area contributed by atoms with Gasteiger partial charge in [-0.25, -0.2) is 0 Å². The SMILES string of the molecule is CN1C(=O)C(NC(=O)c2cc(Cc3ccccc3)[nH]n2)CNc2ccccc21. The Morgan fingerprint density at radius 2 is 1.93 bits per heavy atom. The number of aromatic amines is 1. The van der Waals surface area contributed by atoms with E-state index in [1.165, 1.54) is 0 Å². The number of anilines is 2. The first kappa shape index (κ1) is 17.8. The first-order chi connectivity index (χ1) is 13.6. The van der Waals surface area contributed by atoms with Gasteiger partial charge in [-0.05, 0) is 23.8 Å². The fourth-order valence-electron chi connectivity index (χ4n) is 3.30. The maximum absolute atomic E-state index is 12.8. The van der Waals surface area contributed by atoms with E-state index in [1.54, 1.807) is 18.0 Å². The number of likely N-dealkylation sites (N-methyl/N-ethyl adjacent to an activating group) is 1. The molecule has 3 N–H and O–H groups in total. The Bertz CT molecular complexity index is 999. The predicted octanol–water partition coefficient (Wildman–Crippen LogP) is 2.19. The summed E-state index contributed by atoms with van der Waals surface area (Å²) in [7, 11) is 1.71. The van der Waals surface area contributed by atoms with Crippen molar-refractivity contribution < 1.29 is 9.59 Å². The summed E-state index contributed by atoms with van der Waals surface area (Å²) >= 11 is 0. The van der Waals surface area contributed by atoms with E-state index in [0.29, 0.717) is 13.0 Å². The molecule has 28 heavy (non-hydrogen) atoms. The number of para-hydroxylation sites is 2. The van der Waals surface area contributed by atoms with Gasteiger partial charge in [0.1, 0.15) is 11.7 Å². The van der Waals surface area contributed by atoms with Crippen LogP contribution in [0.4, 0.5) is 11.4 Å². The zero-order chi connectivity index (χ0) is 19.5. The van der Waals surface area contributed by atoms with E-state index in [0.717, 1.165) is 22.6 Å². The van der Waals surface area contributed by atoms with Crippen molar-refractivity contribution in [2.24, 2.45) is 0 Å². The molecule has 142 valence electrons. The van der Waals surface area contributed by atoms with Crippen LogP contribution in [-0.4, -0.2) is 41.6 Å². The molecule has 4 rings (SSSR count). The number of benzene rings is 2. The van der Waals surface area contributed by atoms with Gasteiger partial charge in [-0.3, -0.25) is 14.7 Å². The van der Waals surface area contributed by atoms with Crippen LogP contribution in [0.25, 0.3) is 0 Å². The highest BCUT2D eigenvalue weighted by molar-refractivity contribution is 6.04. The molecule has 0 fully saturated rings. The number of nitrogens with one attached hydrogen (secondary N) is 3. The third kappa shape index (κ3) is 3.59. The second-order valence-corrected chi connectivity index (χ2v) is 6.76. The summed E-state index contributed by atoms with van der Waals surface area (Å²) in [6, 6.07) is 18.5. The highest BCUT2D eigenvalue weighted by atomic mass is 16.2. The number of rotatable bonds is 4. The Morgan fingerprint density at radius 3 is 2.75 bits per heavy atom. The normalized spacial score (nSPS) is 16.1. The molecule has 7 nitrogen and oxygen atoms in total. The fraction of sp³-hybridized carbons (Fsp3) is 0.190. The average molecular weight is 375 g/mol. The number of carbonyl (C=O) groups excluding carboxylic acids is 2. The van der Waals surface area contributed by atoms with Gasteiger partial charge in [0.2, 0.25) is 0 Å². The van der Waals surface area contributed by atoms with Gasteiger partial charge >= 0.3 is 0 Å². The summed E-state index contributed by atoms with van der Waals surface area (Å²) in [5, 5.41) is 13.0. The summed E-state index contributed by atoms with van der Waals surface area (Å²) in [5.74, 6) is -0.555. The number of hydrogen-bond donors (Lipinski definition) is 3. The van der Waals surface area contributed by atoms with Gasteiger partial charge in [0.25, 0.3) is 11.8 Å². The van der Waals surface area contributed by atoms with Gasteiger partial charge in [0, 0.05) is 25.7 Å². The lowest BCUT2D eigenvalue weighted by Crippen LogP contribution is -2.49. The van der Waals surface area contributed by atoms with Gasteiger partial charge in [-0.1, -0.05) is 42.5 Å². The molecule has 0 bridgehead atoms. The number of amides is 2. The van der Waals surface area contributed by atoms with Gasteiger partial charge < -0.3 is 15.5 Å². The molecule has 0 spiro atoms. The lowest BCUT2D eigenvalue weighted by atomic mass is 10.1. The van der Waals surface area contributed by atoms with E-state index in [-0.39, 0.29) is 17.5 Å². The summed E-state index contributed by atoms with van der Waals surface area (Å²) in [4.78, 5) is 26.9. The smallest absolute Gasteiger partial charge is 0.272 e. The topological polar surface area (TPSA) is 90.1 Å². The fourth-order valence-corrected chi connectivity index (χ4v) is 3.30. The third-order valence-corrected chi connectivity index (χ3v) is 4.80. The number of fused-ring (bicyclic) bond motifs is 1. The third-order valence-electron chi connectivity index (χ3n) is 4.80. The first-order valence-corrected chi connectivity index (χ1v) is 9.11. The molecule has 0 aliphatic carbocycles. The summed E-state index contributed by atoms with van der Waals surface area (Å²) in [6.45, 7) is 0.313. The molecule has 2 heterocycles. The molecule has 2 amide bonds. The highest BCUT2D eigenvalue weighted by Crippen LogP contribution is 2.27. The van der Waals surface area contributed by atoms with E-state index in [4.69, 9.17) is 0 Å². The molecule has 1 unspecified atom stereocenters. The summed E-state index contributed by atoms with van der Waals surface area (Å²) < 4.78 is 0. The number of aromatic nitrogens is 2. The first-order valence-electron chi connectivity index (χ1n) is 9.11. The van der Waals surface area contributed by atoms with E-state index < -0.39 is 6.04 Å². The van der Waals surface area contributed by atoms with Crippen molar-refractivity contribution in [2.75, 3.05) is 23.8 Å². The molecule has 1 atom stereocenters. The minimum atomic E-state index is -0.681. The number of H-pyrrole nitrogens is 1. The summed E-state index contributed by atoms with van der Waals surface area (Å²) in [6.07, 6.45) is 0.656. The zero-order valence-corrected chi connectivity index (χ0v) is 15.5. The van der Waals surface area contributed by atoms with Crippen LogP contribution in [0.1, 0.15) is 21.7 Å². The van der Waals surface area contributed by atoms with Gasteiger partial charge in [0.15, 0.2) is 0 Å². The molecule has 0 saturated carbocycles. The molecular formula is C21H21N5O2. The second-order valence-electron chi connectivity index (χ2n) is 6.76. The van der Waals surface area contributed by atoms with Crippen molar-refractivity contribution in [1.29, 1.82) is 0 Å². The van der Waals surface area contributed by atoms with Crippen molar-refractivity contribution in [3.63, 3.8) is 0 Å². The summed E-state index contributed by atoms with van der Waals surface area (Å²) in [5.41, 5.74) is 3.88. The van der Waals surface area contributed by atoms with Gasteiger partial charge in [-0.15, -0.1) is 0 Å². The van der Waals surface area contributed by atoms with E-state index >= 15 is 0 Å². The maximum atomic E-state index is 12.8. The average Bonchev–Trinajstić information content (AvgIpc) is 3.15. The standard InChI is InChI=1S/C21H21N5O2/c1-26-19-10-6-5-9-16(19)22-13-18(21(26)28)23-20(27)17-12-15(24-25-17)11-14-7-3-2-4-8-14/h2-10,12,18,22H,11,13H2,1H3,(H,23,27)(H,24,25). The van der Waals surface area contributed by atoms with Crippen LogP contribution in [0.3, 0.4) is 0 Å².